The van der Waals surface area contributed by atoms with Gasteiger partial charge in [-0.2, -0.15) is 0 Å². The SMILES string of the molecule is Cc1ccncc1C1=CNCC(c2ccc(-c3c4ccccc4c(-c4ccc5c(c4)CCC=C5)c4ccccc34)cc2)=C1. The van der Waals surface area contributed by atoms with E-state index in [0.717, 1.165) is 24.9 Å². The van der Waals surface area contributed by atoms with Gasteiger partial charge in [0.25, 0.3) is 0 Å². The van der Waals surface area contributed by atoms with Gasteiger partial charge in [-0.1, -0.05) is 103 Å². The van der Waals surface area contributed by atoms with Gasteiger partial charge in [0.1, 0.15) is 0 Å². The summed E-state index contributed by atoms with van der Waals surface area (Å²) in [7, 11) is 0. The first kappa shape index (κ1) is 25.5. The Morgan fingerprint density at radius 2 is 1.35 bits per heavy atom. The molecule has 1 aromatic heterocycles. The molecule has 206 valence electrons. The molecule has 0 fully saturated rings. The van der Waals surface area contributed by atoms with Crippen LogP contribution in [0.5, 0.6) is 0 Å². The third-order valence-electron chi connectivity index (χ3n) is 9.02. The number of hydrogen-bond donors (Lipinski definition) is 1. The molecule has 0 radical (unpaired) electrons. The molecule has 2 heteroatoms. The highest BCUT2D eigenvalue weighted by molar-refractivity contribution is 6.21. The van der Waals surface area contributed by atoms with Gasteiger partial charge in [0.15, 0.2) is 0 Å². The minimum Gasteiger partial charge on any atom is -0.386 e. The summed E-state index contributed by atoms with van der Waals surface area (Å²) in [5.74, 6) is 0. The van der Waals surface area contributed by atoms with Crippen LogP contribution in [0.15, 0.2) is 128 Å². The van der Waals surface area contributed by atoms with Gasteiger partial charge in [-0.25, -0.2) is 0 Å². The number of pyridine rings is 1. The van der Waals surface area contributed by atoms with Gasteiger partial charge in [-0.05, 0) is 109 Å². The van der Waals surface area contributed by atoms with Crippen molar-refractivity contribution in [3.63, 3.8) is 0 Å². The minimum atomic E-state index is 0.805. The predicted octanol–water partition coefficient (Wildman–Crippen LogP) is 10.0. The summed E-state index contributed by atoms with van der Waals surface area (Å²) in [6, 6.07) is 36.1. The second kappa shape index (κ2) is 10.6. The molecule has 0 spiro atoms. The van der Waals surface area contributed by atoms with Crippen molar-refractivity contribution in [1.29, 1.82) is 0 Å². The number of nitrogens with zero attached hydrogens (tertiary/aromatic N) is 1. The van der Waals surface area contributed by atoms with Crippen molar-refractivity contribution in [2.75, 3.05) is 6.54 Å². The summed E-state index contributed by atoms with van der Waals surface area (Å²) in [5, 5.41) is 8.66. The van der Waals surface area contributed by atoms with Crippen LogP contribution < -0.4 is 5.32 Å². The van der Waals surface area contributed by atoms with Crippen LogP contribution in [0, 0.1) is 6.92 Å². The van der Waals surface area contributed by atoms with Crippen LogP contribution in [0.3, 0.4) is 0 Å². The van der Waals surface area contributed by atoms with Gasteiger partial charge < -0.3 is 5.32 Å². The molecule has 6 aromatic rings. The van der Waals surface area contributed by atoms with E-state index >= 15 is 0 Å². The quantitative estimate of drug-likeness (QED) is 0.220. The number of allylic oxidation sites excluding steroid dienone is 3. The molecule has 5 aromatic carbocycles. The molecule has 0 atom stereocenters. The molecule has 2 nitrogen and oxygen atoms in total. The van der Waals surface area contributed by atoms with E-state index in [1.54, 1.807) is 0 Å². The van der Waals surface area contributed by atoms with Gasteiger partial charge >= 0.3 is 0 Å². The van der Waals surface area contributed by atoms with Crippen LogP contribution in [-0.2, 0) is 6.42 Å². The topological polar surface area (TPSA) is 24.9 Å². The average molecular weight is 553 g/mol. The lowest BCUT2D eigenvalue weighted by molar-refractivity contribution is 0.986. The van der Waals surface area contributed by atoms with E-state index in [0.29, 0.717) is 0 Å². The Balaban J connectivity index is 1.26. The molecule has 43 heavy (non-hydrogen) atoms. The molecular weight excluding hydrogens is 520 g/mol. The van der Waals surface area contributed by atoms with Gasteiger partial charge in [0, 0.05) is 30.7 Å². The van der Waals surface area contributed by atoms with Crippen LogP contribution in [0.25, 0.3) is 61.0 Å². The third kappa shape index (κ3) is 4.47. The van der Waals surface area contributed by atoms with E-state index in [1.165, 1.54) is 77.2 Å². The Morgan fingerprint density at radius 1 is 0.698 bits per heavy atom. The maximum Gasteiger partial charge on any atom is 0.0401 e. The summed E-state index contributed by atoms with van der Waals surface area (Å²) >= 11 is 0. The summed E-state index contributed by atoms with van der Waals surface area (Å²) in [6.45, 7) is 2.94. The molecule has 0 unspecified atom stereocenters. The number of aromatic nitrogens is 1. The Morgan fingerprint density at radius 3 is 2.05 bits per heavy atom. The highest BCUT2D eigenvalue weighted by Gasteiger charge is 2.18. The van der Waals surface area contributed by atoms with Crippen molar-refractivity contribution < 1.29 is 0 Å². The smallest absolute Gasteiger partial charge is 0.0401 e. The van der Waals surface area contributed by atoms with Crippen LogP contribution in [0.4, 0.5) is 0 Å². The Labute approximate surface area is 252 Å². The molecule has 2 heterocycles. The third-order valence-corrected chi connectivity index (χ3v) is 9.02. The molecule has 0 amide bonds. The van der Waals surface area contributed by atoms with Crippen LogP contribution in [0.1, 0.15) is 34.2 Å². The first-order chi connectivity index (χ1) is 21.2. The summed E-state index contributed by atoms with van der Waals surface area (Å²) in [5.41, 5.74) is 14.0. The normalized spacial score (nSPS) is 14.3. The standard InChI is InChI=1S/C41H32N2/c1-27-20-21-42-26-39(27)34-23-33(24-43-25-34)29-14-17-30(18-15-29)40-35-10-4-6-12-37(35)41(38-13-7-5-11-36(38)40)32-19-16-28-8-2-3-9-31(28)22-32/h2,4-8,10-23,25-26,43H,3,9,24H2,1H3. The molecular formula is C41H32N2. The van der Waals surface area contributed by atoms with E-state index in [2.05, 4.69) is 139 Å². The van der Waals surface area contributed by atoms with Crippen LogP contribution in [-0.4, -0.2) is 11.5 Å². The van der Waals surface area contributed by atoms with Gasteiger partial charge in [0.05, 0.1) is 0 Å². The molecule has 0 bridgehead atoms. The van der Waals surface area contributed by atoms with E-state index in [-0.39, 0.29) is 0 Å². The van der Waals surface area contributed by atoms with E-state index in [1.807, 2.05) is 12.4 Å². The predicted molar refractivity (Wildman–Crippen MR) is 183 cm³/mol. The second-order valence-corrected chi connectivity index (χ2v) is 11.6. The maximum absolute atomic E-state index is 4.36. The van der Waals surface area contributed by atoms with Gasteiger partial charge in [-0.15, -0.1) is 0 Å². The molecule has 2 aliphatic rings. The first-order valence-electron chi connectivity index (χ1n) is 15.1. The van der Waals surface area contributed by atoms with Crippen molar-refractivity contribution in [2.24, 2.45) is 0 Å². The minimum absolute atomic E-state index is 0.805. The molecule has 1 aliphatic carbocycles. The number of dihydropyridines is 1. The Bertz CT molecular complexity index is 2070. The number of benzene rings is 5. The number of nitrogens with one attached hydrogen (secondary N) is 1. The monoisotopic (exact) mass is 552 g/mol. The Kier molecular flexibility index (Phi) is 6.26. The fraction of sp³-hybridized carbons (Fsp3) is 0.0976. The van der Waals surface area contributed by atoms with Crippen LogP contribution in [0.2, 0.25) is 0 Å². The average Bonchev–Trinajstić information content (AvgIpc) is 3.07. The zero-order chi connectivity index (χ0) is 28.8. The van der Waals surface area contributed by atoms with Gasteiger partial charge in [0.2, 0.25) is 0 Å². The highest BCUT2D eigenvalue weighted by atomic mass is 14.8. The Hall–Kier alpha value is -5.21. The van der Waals surface area contributed by atoms with Crippen LogP contribution >= 0.6 is 0 Å². The molecule has 1 aliphatic heterocycles. The second-order valence-electron chi connectivity index (χ2n) is 11.6. The summed E-state index contributed by atoms with van der Waals surface area (Å²) in [6.07, 6.45) is 15.0. The van der Waals surface area contributed by atoms with Crippen molar-refractivity contribution in [1.82, 2.24) is 10.3 Å². The van der Waals surface area contributed by atoms with Gasteiger partial charge in [-0.3, -0.25) is 4.98 Å². The number of hydrogen-bond acceptors (Lipinski definition) is 2. The number of fused-ring (bicyclic) bond motifs is 3. The summed E-state index contributed by atoms with van der Waals surface area (Å²) < 4.78 is 0. The lowest BCUT2D eigenvalue weighted by Gasteiger charge is -2.20. The zero-order valence-corrected chi connectivity index (χ0v) is 24.3. The van der Waals surface area contributed by atoms with E-state index in [9.17, 15) is 0 Å². The number of rotatable bonds is 4. The van der Waals surface area contributed by atoms with Crippen molar-refractivity contribution in [2.45, 2.75) is 19.8 Å². The molecule has 0 saturated carbocycles. The fourth-order valence-corrected chi connectivity index (χ4v) is 6.85. The number of aryl methyl sites for hydroxylation is 2. The maximum atomic E-state index is 4.36. The zero-order valence-electron chi connectivity index (χ0n) is 24.3. The van der Waals surface area contributed by atoms with Crippen molar-refractivity contribution in [3.05, 3.63) is 156 Å². The summed E-state index contributed by atoms with van der Waals surface area (Å²) in [4.78, 5) is 4.36. The largest absolute Gasteiger partial charge is 0.386 e. The lowest BCUT2D eigenvalue weighted by atomic mass is 9.84. The molecule has 0 saturated heterocycles. The molecule has 1 N–H and O–H groups in total. The van der Waals surface area contributed by atoms with E-state index in [4.69, 9.17) is 0 Å². The fourth-order valence-electron chi connectivity index (χ4n) is 6.85. The van der Waals surface area contributed by atoms with Crippen molar-refractivity contribution >= 4 is 38.8 Å². The van der Waals surface area contributed by atoms with Crippen molar-refractivity contribution in [3.8, 4) is 22.3 Å². The molecule has 8 rings (SSSR count). The first-order valence-corrected chi connectivity index (χ1v) is 15.1. The highest BCUT2D eigenvalue weighted by Crippen LogP contribution is 2.44. The lowest BCUT2D eigenvalue weighted by Crippen LogP contribution is -2.14. The van der Waals surface area contributed by atoms with E-state index < -0.39 is 0 Å².